The number of benzene rings is 2. The number of rotatable bonds is 5. The van der Waals surface area contributed by atoms with Crippen LogP contribution in [0, 0.1) is 0 Å². The first kappa shape index (κ1) is 19.1. The summed E-state index contributed by atoms with van der Waals surface area (Å²) in [5, 5.41) is 4.03. The average Bonchev–Trinajstić information content (AvgIpc) is 3.21. The van der Waals surface area contributed by atoms with Crippen LogP contribution in [0.3, 0.4) is 0 Å². The first-order chi connectivity index (χ1) is 13.6. The largest absolute Gasteiger partial charge is 0.486 e. The fraction of sp³-hybridized carbons (Fsp3) is 0.409. The quantitative estimate of drug-likeness (QED) is 0.820. The Morgan fingerprint density at radius 3 is 2.86 bits per heavy atom. The van der Waals surface area contributed by atoms with Crippen LogP contribution in [0.4, 0.5) is 0 Å². The number of carbonyl (C=O) groups excluding carboxylic acids is 1. The molecule has 0 bridgehead atoms. The zero-order chi connectivity index (χ0) is 19.5. The fourth-order valence-corrected chi connectivity index (χ4v) is 4.11. The third-order valence-corrected chi connectivity index (χ3v) is 5.67. The maximum atomic E-state index is 12.9. The van der Waals surface area contributed by atoms with Gasteiger partial charge in [-0.3, -0.25) is 4.79 Å². The van der Waals surface area contributed by atoms with Gasteiger partial charge in [0, 0.05) is 17.6 Å². The van der Waals surface area contributed by atoms with E-state index in [0.717, 1.165) is 42.0 Å². The van der Waals surface area contributed by atoms with Gasteiger partial charge in [0.05, 0.1) is 12.6 Å². The van der Waals surface area contributed by atoms with E-state index in [1.165, 1.54) is 0 Å². The van der Waals surface area contributed by atoms with Crippen molar-refractivity contribution in [2.75, 3.05) is 26.3 Å². The molecular weight excluding hydrogens is 376 g/mol. The van der Waals surface area contributed by atoms with Crippen LogP contribution in [-0.2, 0) is 4.79 Å². The van der Waals surface area contributed by atoms with Gasteiger partial charge in [-0.05, 0) is 55.2 Å². The fourth-order valence-electron chi connectivity index (χ4n) is 3.91. The van der Waals surface area contributed by atoms with Crippen molar-refractivity contribution in [2.24, 2.45) is 0 Å². The highest BCUT2D eigenvalue weighted by atomic mass is 35.5. The van der Waals surface area contributed by atoms with E-state index in [-0.39, 0.29) is 18.0 Å². The average molecular weight is 401 g/mol. The number of nitrogens with zero attached hydrogens (tertiary/aromatic N) is 1. The molecule has 2 atom stereocenters. The normalized spacial score (nSPS) is 19.5. The molecule has 1 saturated heterocycles. The summed E-state index contributed by atoms with van der Waals surface area (Å²) in [6.07, 6.45) is 1.98. The van der Waals surface area contributed by atoms with Crippen molar-refractivity contribution in [1.82, 2.24) is 10.2 Å². The van der Waals surface area contributed by atoms with Gasteiger partial charge < -0.3 is 19.7 Å². The number of nitrogens with one attached hydrogen (secondary N) is 1. The number of carbonyl (C=O) groups is 1. The van der Waals surface area contributed by atoms with Gasteiger partial charge in [0.25, 0.3) is 0 Å². The Kier molecular flexibility index (Phi) is 5.74. The minimum Gasteiger partial charge on any atom is -0.486 e. The number of amides is 1. The van der Waals surface area contributed by atoms with Gasteiger partial charge in [-0.2, -0.15) is 0 Å². The van der Waals surface area contributed by atoms with Crippen LogP contribution in [0.15, 0.2) is 42.5 Å². The summed E-state index contributed by atoms with van der Waals surface area (Å²) >= 11 is 6.07. The van der Waals surface area contributed by atoms with Crippen molar-refractivity contribution in [3.8, 4) is 11.5 Å². The van der Waals surface area contributed by atoms with E-state index < -0.39 is 0 Å². The molecule has 0 aromatic heterocycles. The second kappa shape index (κ2) is 8.41. The molecule has 2 heterocycles. The molecule has 1 fully saturated rings. The van der Waals surface area contributed by atoms with Crippen LogP contribution >= 0.6 is 11.6 Å². The maximum Gasteiger partial charge on any atom is 0.237 e. The monoisotopic (exact) mass is 400 g/mol. The van der Waals surface area contributed by atoms with Gasteiger partial charge in [-0.1, -0.05) is 29.8 Å². The highest BCUT2D eigenvalue weighted by Gasteiger charge is 2.30. The molecule has 0 saturated carbocycles. The predicted octanol–water partition coefficient (Wildman–Crippen LogP) is 4.13. The first-order valence-corrected chi connectivity index (χ1v) is 10.2. The number of fused-ring (bicyclic) bond motifs is 1. The summed E-state index contributed by atoms with van der Waals surface area (Å²) in [4.78, 5) is 14.9. The zero-order valence-corrected chi connectivity index (χ0v) is 16.7. The van der Waals surface area contributed by atoms with Crippen molar-refractivity contribution in [3.63, 3.8) is 0 Å². The molecule has 6 heteroatoms. The number of ether oxygens (including phenoxy) is 2. The molecule has 2 aliphatic rings. The van der Waals surface area contributed by atoms with E-state index in [4.69, 9.17) is 21.1 Å². The Balaban J connectivity index is 1.41. The van der Waals surface area contributed by atoms with Crippen LogP contribution in [0.2, 0.25) is 5.02 Å². The molecule has 0 spiro atoms. The van der Waals surface area contributed by atoms with Gasteiger partial charge in [-0.25, -0.2) is 0 Å². The summed E-state index contributed by atoms with van der Waals surface area (Å²) in [5.41, 5.74) is 2.18. The highest BCUT2D eigenvalue weighted by Crippen LogP contribution is 2.38. The van der Waals surface area contributed by atoms with Crippen LogP contribution in [-0.4, -0.2) is 37.1 Å². The summed E-state index contributed by atoms with van der Waals surface area (Å²) in [7, 11) is 0. The number of hydrogen-bond donors (Lipinski definition) is 1. The SMILES string of the molecule is CC(NCC(=O)N1CCCC1c1ccc2c(c1)OCCO2)c1cccc(Cl)c1. The molecular formula is C22H25ClN2O3. The van der Waals surface area contributed by atoms with Gasteiger partial charge in [0.15, 0.2) is 11.5 Å². The molecule has 2 aliphatic heterocycles. The molecule has 2 aromatic rings. The maximum absolute atomic E-state index is 12.9. The van der Waals surface area contributed by atoms with Crippen molar-refractivity contribution in [3.05, 3.63) is 58.6 Å². The van der Waals surface area contributed by atoms with Crippen molar-refractivity contribution >= 4 is 17.5 Å². The van der Waals surface area contributed by atoms with Gasteiger partial charge in [0.2, 0.25) is 5.91 Å². The molecule has 4 rings (SSSR count). The van der Waals surface area contributed by atoms with E-state index in [1.807, 2.05) is 54.3 Å². The Hall–Kier alpha value is -2.24. The first-order valence-electron chi connectivity index (χ1n) is 9.79. The number of halogens is 1. The van der Waals surface area contributed by atoms with Crippen LogP contribution in [0.5, 0.6) is 11.5 Å². The lowest BCUT2D eigenvalue weighted by molar-refractivity contribution is -0.131. The molecule has 148 valence electrons. The molecule has 1 amide bonds. The Labute approximate surface area is 170 Å². The van der Waals surface area contributed by atoms with Gasteiger partial charge in [-0.15, -0.1) is 0 Å². The van der Waals surface area contributed by atoms with E-state index in [0.29, 0.717) is 24.8 Å². The number of likely N-dealkylation sites (tertiary alicyclic amines) is 1. The molecule has 1 N–H and O–H groups in total. The minimum absolute atomic E-state index is 0.0537. The second-order valence-corrected chi connectivity index (χ2v) is 7.74. The molecule has 2 aromatic carbocycles. The summed E-state index contributed by atoms with van der Waals surface area (Å²) < 4.78 is 11.3. The summed E-state index contributed by atoms with van der Waals surface area (Å²) in [5.74, 6) is 1.67. The minimum atomic E-state index is 0.0537. The van der Waals surface area contributed by atoms with Crippen LogP contribution in [0.25, 0.3) is 0 Å². The van der Waals surface area contributed by atoms with Gasteiger partial charge >= 0.3 is 0 Å². The Morgan fingerprint density at radius 1 is 1.21 bits per heavy atom. The van der Waals surface area contributed by atoms with Crippen LogP contribution < -0.4 is 14.8 Å². The van der Waals surface area contributed by atoms with Crippen molar-refractivity contribution < 1.29 is 14.3 Å². The van der Waals surface area contributed by atoms with E-state index >= 15 is 0 Å². The Morgan fingerprint density at radius 2 is 2.04 bits per heavy atom. The van der Waals surface area contributed by atoms with Crippen molar-refractivity contribution in [1.29, 1.82) is 0 Å². The topological polar surface area (TPSA) is 50.8 Å². The number of hydrogen-bond acceptors (Lipinski definition) is 4. The molecule has 5 nitrogen and oxygen atoms in total. The van der Waals surface area contributed by atoms with Crippen molar-refractivity contribution in [2.45, 2.75) is 31.8 Å². The Bertz CT molecular complexity index is 857. The standard InChI is InChI=1S/C22H25ClN2O3/c1-15(16-4-2-5-18(23)12-16)24-14-22(26)25-9-3-6-19(25)17-7-8-20-21(13-17)28-11-10-27-20/h2,4-5,7-8,12-13,15,19,24H,3,6,9-11,14H2,1H3. The third kappa shape index (κ3) is 4.10. The van der Waals surface area contributed by atoms with E-state index in [2.05, 4.69) is 5.32 Å². The molecule has 0 radical (unpaired) electrons. The summed E-state index contributed by atoms with van der Waals surface area (Å²) in [6, 6.07) is 13.9. The lowest BCUT2D eigenvalue weighted by atomic mass is 10.0. The molecule has 2 unspecified atom stereocenters. The third-order valence-electron chi connectivity index (χ3n) is 5.43. The zero-order valence-electron chi connectivity index (χ0n) is 16.0. The van der Waals surface area contributed by atoms with E-state index in [9.17, 15) is 4.79 Å². The lowest BCUT2D eigenvalue weighted by Crippen LogP contribution is -2.38. The molecule has 0 aliphatic carbocycles. The second-order valence-electron chi connectivity index (χ2n) is 7.31. The van der Waals surface area contributed by atoms with E-state index in [1.54, 1.807) is 0 Å². The summed E-state index contributed by atoms with van der Waals surface area (Å²) in [6.45, 7) is 4.27. The highest BCUT2D eigenvalue weighted by molar-refractivity contribution is 6.30. The lowest BCUT2D eigenvalue weighted by Gasteiger charge is -2.27. The molecule has 28 heavy (non-hydrogen) atoms. The van der Waals surface area contributed by atoms with Crippen LogP contribution in [0.1, 0.15) is 43.0 Å². The smallest absolute Gasteiger partial charge is 0.237 e. The predicted molar refractivity (Wildman–Crippen MR) is 109 cm³/mol. The van der Waals surface area contributed by atoms with Gasteiger partial charge in [0.1, 0.15) is 13.2 Å².